The van der Waals surface area contributed by atoms with Crippen molar-refractivity contribution < 1.29 is 9.47 Å². The number of benzene rings is 1. The third-order valence-electron chi connectivity index (χ3n) is 2.47. The van der Waals surface area contributed by atoms with Gasteiger partial charge in [-0.05, 0) is 34.1 Å². The number of ether oxygens (including phenoxy) is 2. The standard InChI is InChI=1S/C12H13BrN2O2S/c1-16-7-3-4-9(17-2)8(5-7)12-15-11(13)10(6-14)18-12/h3-5H,6,14H2,1-2H3. The Morgan fingerprint density at radius 2 is 2.11 bits per heavy atom. The van der Waals surface area contributed by atoms with Gasteiger partial charge in [-0.2, -0.15) is 0 Å². The van der Waals surface area contributed by atoms with Crippen molar-refractivity contribution in [3.63, 3.8) is 0 Å². The van der Waals surface area contributed by atoms with Crippen molar-refractivity contribution in [1.82, 2.24) is 4.98 Å². The maximum Gasteiger partial charge on any atom is 0.129 e. The number of halogens is 1. The lowest BCUT2D eigenvalue weighted by molar-refractivity contribution is 0.404. The van der Waals surface area contributed by atoms with Gasteiger partial charge < -0.3 is 15.2 Å². The van der Waals surface area contributed by atoms with Gasteiger partial charge in [0.1, 0.15) is 21.1 Å². The summed E-state index contributed by atoms with van der Waals surface area (Å²) >= 11 is 4.95. The lowest BCUT2D eigenvalue weighted by Gasteiger charge is -2.07. The van der Waals surface area contributed by atoms with Crippen molar-refractivity contribution >= 4 is 27.3 Å². The first-order valence-electron chi connectivity index (χ1n) is 5.27. The van der Waals surface area contributed by atoms with Gasteiger partial charge in [0, 0.05) is 6.54 Å². The molecule has 0 unspecified atom stereocenters. The Bertz CT molecular complexity index is 557. The van der Waals surface area contributed by atoms with E-state index in [9.17, 15) is 0 Å². The Labute approximate surface area is 118 Å². The topological polar surface area (TPSA) is 57.4 Å². The minimum Gasteiger partial charge on any atom is -0.497 e. The maximum absolute atomic E-state index is 5.65. The molecule has 0 amide bonds. The molecule has 1 aromatic carbocycles. The molecule has 1 heterocycles. The first-order chi connectivity index (χ1) is 8.69. The first kappa shape index (κ1) is 13.3. The average molecular weight is 329 g/mol. The second-order valence-electron chi connectivity index (χ2n) is 3.50. The lowest BCUT2D eigenvalue weighted by atomic mass is 10.2. The molecule has 0 aliphatic rings. The van der Waals surface area contributed by atoms with E-state index in [1.165, 1.54) is 0 Å². The van der Waals surface area contributed by atoms with Crippen molar-refractivity contribution in [1.29, 1.82) is 0 Å². The molecule has 0 spiro atoms. The number of nitrogens with zero attached hydrogens (tertiary/aromatic N) is 1. The highest BCUT2D eigenvalue weighted by Crippen LogP contribution is 2.38. The van der Waals surface area contributed by atoms with E-state index in [4.69, 9.17) is 15.2 Å². The molecule has 0 aliphatic carbocycles. The zero-order valence-electron chi connectivity index (χ0n) is 10.1. The fraction of sp³-hybridized carbons (Fsp3) is 0.250. The molecule has 4 nitrogen and oxygen atoms in total. The van der Waals surface area contributed by atoms with Crippen molar-refractivity contribution in [3.8, 4) is 22.1 Å². The quantitative estimate of drug-likeness (QED) is 0.937. The van der Waals surface area contributed by atoms with Crippen LogP contribution in [0.1, 0.15) is 4.88 Å². The number of nitrogens with two attached hydrogens (primary N) is 1. The molecule has 1 aromatic heterocycles. The van der Waals surface area contributed by atoms with Gasteiger partial charge in [-0.3, -0.25) is 0 Å². The Morgan fingerprint density at radius 3 is 2.67 bits per heavy atom. The van der Waals surface area contributed by atoms with Crippen molar-refractivity contribution in [3.05, 3.63) is 27.7 Å². The summed E-state index contributed by atoms with van der Waals surface area (Å²) in [6, 6.07) is 5.63. The van der Waals surface area contributed by atoms with Crippen LogP contribution in [0.15, 0.2) is 22.8 Å². The van der Waals surface area contributed by atoms with Crippen molar-refractivity contribution in [2.45, 2.75) is 6.54 Å². The van der Waals surface area contributed by atoms with Crippen LogP contribution >= 0.6 is 27.3 Å². The molecule has 6 heteroatoms. The molecular weight excluding hydrogens is 316 g/mol. The van der Waals surface area contributed by atoms with Gasteiger partial charge in [0.2, 0.25) is 0 Å². The van der Waals surface area contributed by atoms with Gasteiger partial charge in [0.25, 0.3) is 0 Å². The van der Waals surface area contributed by atoms with Gasteiger partial charge in [-0.1, -0.05) is 0 Å². The number of methoxy groups -OCH3 is 2. The van der Waals surface area contributed by atoms with E-state index in [-0.39, 0.29) is 0 Å². The number of hydrogen-bond donors (Lipinski definition) is 1. The fourth-order valence-corrected chi connectivity index (χ4v) is 3.11. The highest BCUT2D eigenvalue weighted by molar-refractivity contribution is 9.10. The van der Waals surface area contributed by atoms with E-state index in [1.54, 1.807) is 25.6 Å². The van der Waals surface area contributed by atoms with Gasteiger partial charge >= 0.3 is 0 Å². The maximum atomic E-state index is 5.65. The van der Waals surface area contributed by atoms with E-state index in [0.29, 0.717) is 6.54 Å². The smallest absolute Gasteiger partial charge is 0.129 e. The number of thiazole rings is 1. The predicted octanol–water partition coefficient (Wildman–Crippen LogP) is 3.05. The second-order valence-corrected chi connectivity index (χ2v) is 5.34. The van der Waals surface area contributed by atoms with Gasteiger partial charge in [-0.25, -0.2) is 4.98 Å². The van der Waals surface area contributed by atoms with Crippen LogP contribution in [0.2, 0.25) is 0 Å². The van der Waals surface area contributed by atoms with Crippen LogP contribution in [0.25, 0.3) is 10.6 Å². The predicted molar refractivity (Wildman–Crippen MR) is 76.2 cm³/mol. The molecule has 0 fully saturated rings. The second kappa shape index (κ2) is 5.69. The summed E-state index contributed by atoms with van der Waals surface area (Å²) in [4.78, 5) is 5.46. The van der Waals surface area contributed by atoms with Crippen LogP contribution in [-0.4, -0.2) is 19.2 Å². The third kappa shape index (κ3) is 2.50. The molecule has 0 saturated heterocycles. The number of rotatable bonds is 4. The fourth-order valence-electron chi connectivity index (χ4n) is 1.56. The van der Waals surface area contributed by atoms with E-state index in [1.807, 2.05) is 18.2 Å². The summed E-state index contributed by atoms with van der Waals surface area (Å²) in [6.07, 6.45) is 0. The normalized spacial score (nSPS) is 10.4. The Kier molecular flexibility index (Phi) is 4.21. The number of aromatic nitrogens is 1. The Balaban J connectivity index is 2.53. The molecule has 0 bridgehead atoms. The highest BCUT2D eigenvalue weighted by Gasteiger charge is 2.14. The summed E-state index contributed by atoms with van der Waals surface area (Å²) in [5, 5.41) is 0.859. The largest absolute Gasteiger partial charge is 0.497 e. The molecule has 0 saturated carbocycles. The Morgan fingerprint density at radius 1 is 1.33 bits per heavy atom. The van der Waals surface area contributed by atoms with E-state index < -0.39 is 0 Å². The van der Waals surface area contributed by atoms with Gasteiger partial charge in [0.05, 0.1) is 24.7 Å². The van der Waals surface area contributed by atoms with Gasteiger partial charge in [-0.15, -0.1) is 11.3 Å². The van der Waals surface area contributed by atoms with Crippen LogP contribution in [0.5, 0.6) is 11.5 Å². The Hall–Kier alpha value is -1.11. The SMILES string of the molecule is COc1ccc(OC)c(-c2nc(Br)c(CN)s2)c1. The van der Waals surface area contributed by atoms with Crippen LogP contribution in [0.3, 0.4) is 0 Å². The summed E-state index contributed by atoms with van der Waals surface area (Å²) in [7, 11) is 3.27. The van der Waals surface area contributed by atoms with Gasteiger partial charge in [0.15, 0.2) is 0 Å². The van der Waals surface area contributed by atoms with Crippen LogP contribution < -0.4 is 15.2 Å². The summed E-state index contributed by atoms with van der Waals surface area (Å²) in [5.74, 6) is 1.53. The van der Waals surface area contributed by atoms with E-state index in [2.05, 4.69) is 20.9 Å². The zero-order valence-corrected chi connectivity index (χ0v) is 12.5. The summed E-state index contributed by atoms with van der Waals surface area (Å²) < 4.78 is 11.4. The van der Waals surface area contributed by atoms with Crippen molar-refractivity contribution in [2.75, 3.05) is 14.2 Å². The van der Waals surface area contributed by atoms with Crippen LogP contribution in [0.4, 0.5) is 0 Å². The third-order valence-corrected chi connectivity index (χ3v) is 4.50. The minimum atomic E-state index is 0.463. The monoisotopic (exact) mass is 328 g/mol. The van der Waals surface area contributed by atoms with Crippen LogP contribution in [0, 0.1) is 0 Å². The minimum absolute atomic E-state index is 0.463. The molecule has 0 radical (unpaired) electrons. The molecular formula is C12H13BrN2O2S. The molecule has 96 valence electrons. The molecule has 2 N–H and O–H groups in total. The molecule has 0 atom stereocenters. The van der Waals surface area contributed by atoms with E-state index >= 15 is 0 Å². The number of hydrogen-bond acceptors (Lipinski definition) is 5. The summed E-state index contributed by atoms with van der Waals surface area (Å²) in [5.41, 5.74) is 6.56. The van der Waals surface area contributed by atoms with E-state index in [0.717, 1.165) is 31.6 Å². The lowest BCUT2D eigenvalue weighted by Crippen LogP contribution is -1.92. The van der Waals surface area contributed by atoms with Crippen molar-refractivity contribution in [2.24, 2.45) is 5.73 Å². The molecule has 2 aromatic rings. The molecule has 2 rings (SSSR count). The highest BCUT2D eigenvalue weighted by atomic mass is 79.9. The summed E-state index contributed by atoms with van der Waals surface area (Å²) in [6.45, 7) is 0.463. The first-order valence-corrected chi connectivity index (χ1v) is 6.88. The average Bonchev–Trinajstić information content (AvgIpc) is 2.79. The zero-order chi connectivity index (χ0) is 13.1. The van der Waals surface area contributed by atoms with Crippen LogP contribution in [-0.2, 0) is 6.54 Å². The molecule has 0 aliphatic heterocycles. The molecule has 18 heavy (non-hydrogen) atoms.